The lowest BCUT2D eigenvalue weighted by atomic mass is 9.96. The van der Waals surface area contributed by atoms with Gasteiger partial charge < -0.3 is 15.1 Å². The predicted octanol–water partition coefficient (Wildman–Crippen LogP) is 3.63. The Labute approximate surface area is 161 Å². The number of hydrogen-bond acceptors (Lipinski definition) is 3. The van der Waals surface area contributed by atoms with Crippen molar-refractivity contribution >= 4 is 11.7 Å². The maximum Gasteiger partial charge on any atom is 0.317 e. The van der Waals surface area contributed by atoms with E-state index in [9.17, 15) is 4.79 Å². The molecular weight excluding hydrogens is 336 g/mol. The zero-order chi connectivity index (χ0) is 18.6. The van der Waals surface area contributed by atoms with Gasteiger partial charge in [-0.15, -0.1) is 0 Å². The molecule has 142 valence electrons. The van der Waals surface area contributed by atoms with Crippen LogP contribution in [0, 0.1) is 5.92 Å². The number of amides is 2. The lowest BCUT2D eigenvalue weighted by Gasteiger charge is -2.35. The van der Waals surface area contributed by atoms with Gasteiger partial charge in [-0.3, -0.25) is 4.98 Å². The van der Waals surface area contributed by atoms with Crippen LogP contribution in [0.15, 0.2) is 48.8 Å². The summed E-state index contributed by atoms with van der Waals surface area (Å²) < 4.78 is 0. The number of aromatic nitrogens is 1. The standard InChI is InChI=1S/C22H28N4O/c1-17(19-6-11-23-12-7-19)24-22(27)25-13-8-18(9-14-25)16-26-15-10-20-4-2-3-5-21(20)26/h2-7,11-12,17-18H,8-10,13-16H2,1H3,(H,24,27). The Morgan fingerprint density at radius 1 is 1.15 bits per heavy atom. The number of carbonyl (C=O) groups excluding carboxylic acids is 1. The molecule has 5 nitrogen and oxygen atoms in total. The monoisotopic (exact) mass is 364 g/mol. The van der Waals surface area contributed by atoms with Crippen LogP contribution in [0.1, 0.15) is 36.9 Å². The average Bonchev–Trinajstić information content (AvgIpc) is 3.12. The minimum absolute atomic E-state index is 0.000625. The topological polar surface area (TPSA) is 48.5 Å². The fraction of sp³-hybridized carbons (Fsp3) is 0.455. The van der Waals surface area contributed by atoms with Gasteiger partial charge in [0.2, 0.25) is 0 Å². The summed E-state index contributed by atoms with van der Waals surface area (Å²) in [4.78, 5) is 21.1. The summed E-state index contributed by atoms with van der Waals surface area (Å²) in [6.07, 6.45) is 6.84. The quantitative estimate of drug-likeness (QED) is 0.901. The van der Waals surface area contributed by atoms with Gasteiger partial charge >= 0.3 is 6.03 Å². The fourth-order valence-corrected chi connectivity index (χ4v) is 4.24. The van der Waals surface area contributed by atoms with Crippen LogP contribution in [0.25, 0.3) is 0 Å². The van der Waals surface area contributed by atoms with E-state index in [4.69, 9.17) is 0 Å². The SMILES string of the molecule is CC(NC(=O)N1CCC(CN2CCc3ccccc32)CC1)c1ccncc1. The Hall–Kier alpha value is -2.56. The molecule has 1 unspecified atom stereocenters. The first kappa shape index (κ1) is 17.8. The molecule has 0 bridgehead atoms. The van der Waals surface area contributed by atoms with Crippen molar-refractivity contribution in [2.75, 3.05) is 31.1 Å². The second-order valence-electron chi connectivity index (χ2n) is 7.71. The van der Waals surface area contributed by atoms with E-state index in [2.05, 4.69) is 39.5 Å². The van der Waals surface area contributed by atoms with E-state index in [0.29, 0.717) is 5.92 Å². The van der Waals surface area contributed by atoms with Crippen LogP contribution in [0.5, 0.6) is 0 Å². The molecule has 1 N–H and O–H groups in total. The lowest BCUT2D eigenvalue weighted by molar-refractivity contribution is 0.168. The summed E-state index contributed by atoms with van der Waals surface area (Å²) in [5.41, 5.74) is 3.96. The number of fused-ring (bicyclic) bond motifs is 1. The number of para-hydroxylation sites is 1. The van der Waals surface area contributed by atoms with Crippen LogP contribution in [0.2, 0.25) is 0 Å². The van der Waals surface area contributed by atoms with Crippen LogP contribution in [-0.2, 0) is 6.42 Å². The van der Waals surface area contributed by atoms with Gasteiger partial charge in [0.1, 0.15) is 0 Å². The van der Waals surface area contributed by atoms with Gasteiger partial charge in [0.15, 0.2) is 0 Å². The van der Waals surface area contributed by atoms with E-state index < -0.39 is 0 Å². The van der Waals surface area contributed by atoms with Gasteiger partial charge in [-0.2, -0.15) is 0 Å². The highest BCUT2D eigenvalue weighted by Gasteiger charge is 2.27. The maximum absolute atomic E-state index is 12.6. The van der Waals surface area contributed by atoms with Gasteiger partial charge in [-0.25, -0.2) is 4.79 Å². The number of anilines is 1. The molecule has 1 fully saturated rings. The highest BCUT2D eigenvalue weighted by Crippen LogP contribution is 2.30. The molecular formula is C22H28N4O. The number of carbonyl (C=O) groups is 1. The van der Waals surface area contributed by atoms with Crippen LogP contribution in [0.4, 0.5) is 10.5 Å². The molecule has 0 saturated carbocycles. The number of benzene rings is 1. The maximum atomic E-state index is 12.6. The molecule has 1 aromatic heterocycles. The number of likely N-dealkylation sites (tertiary alicyclic amines) is 1. The molecule has 2 amide bonds. The van der Waals surface area contributed by atoms with Crippen LogP contribution in [0.3, 0.4) is 0 Å². The predicted molar refractivity (Wildman–Crippen MR) is 108 cm³/mol. The van der Waals surface area contributed by atoms with Crippen molar-refractivity contribution in [3.05, 3.63) is 59.9 Å². The smallest absolute Gasteiger partial charge is 0.317 e. The molecule has 0 spiro atoms. The van der Waals surface area contributed by atoms with E-state index in [1.54, 1.807) is 12.4 Å². The molecule has 2 aromatic rings. The number of urea groups is 1. The van der Waals surface area contributed by atoms with E-state index in [1.807, 2.05) is 24.0 Å². The highest BCUT2D eigenvalue weighted by molar-refractivity contribution is 5.74. The fourth-order valence-electron chi connectivity index (χ4n) is 4.24. The summed E-state index contributed by atoms with van der Waals surface area (Å²) >= 11 is 0. The Morgan fingerprint density at radius 2 is 1.89 bits per heavy atom. The van der Waals surface area contributed by atoms with Crippen LogP contribution in [-0.4, -0.2) is 42.1 Å². The van der Waals surface area contributed by atoms with E-state index in [-0.39, 0.29) is 12.1 Å². The van der Waals surface area contributed by atoms with E-state index >= 15 is 0 Å². The molecule has 4 rings (SSSR count). The molecule has 3 heterocycles. The highest BCUT2D eigenvalue weighted by atomic mass is 16.2. The minimum Gasteiger partial charge on any atom is -0.371 e. The summed E-state index contributed by atoms with van der Waals surface area (Å²) in [5, 5.41) is 3.12. The van der Waals surface area contributed by atoms with Gasteiger partial charge in [-0.1, -0.05) is 18.2 Å². The normalized spacial score (nSPS) is 18.3. The molecule has 0 aliphatic carbocycles. The second-order valence-corrected chi connectivity index (χ2v) is 7.71. The molecule has 1 saturated heterocycles. The Kier molecular flexibility index (Phi) is 5.28. The molecule has 1 aromatic carbocycles. The number of nitrogens with zero attached hydrogens (tertiary/aromatic N) is 3. The van der Waals surface area contributed by atoms with Crippen molar-refractivity contribution < 1.29 is 4.79 Å². The Bertz CT molecular complexity index is 771. The Morgan fingerprint density at radius 3 is 2.67 bits per heavy atom. The van der Waals surface area contributed by atoms with Gasteiger partial charge in [0.05, 0.1) is 6.04 Å². The Balaban J connectivity index is 1.26. The van der Waals surface area contributed by atoms with Gasteiger partial charge in [0.25, 0.3) is 0 Å². The molecule has 0 radical (unpaired) electrons. The average molecular weight is 364 g/mol. The van der Waals surface area contributed by atoms with Crippen LogP contribution >= 0.6 is 0 Å². The molecule has 27 heavy (non-hydrogen) atoms. The van der Waals surface area contributed by atoms with Crippen molar-refractivity contribution in [1.29, 1.82) is 0 Å². The van der Waals surface area contributed by atoms with E-state index in [0.717, 1.165) is 51.0 Å². The first-order valence-corrected chi connectivity index (χ1v) is 9.99. The van der Waals surface area contributed by atoms with E-state index in [1.165, 1.54) is 11.3 Å². The van der Waals surface area contributed by atoms with Crippen molar-refractivity contribution in [2.24, 2.45) is 5.92 Å². The van der Waals surface area contributed by atoms with Gasteiger partial charge in [0, 0.05) is 44.3 Å². The zero-order valence-corrected chi connectivity index (χ0v) is 16.0. The van der Waals surface area contributed by atoms with Crippen molar-refractivity contribution in [1.82, 2.24) is 15.2 Å². The summed E-state index contributed by atoms with van der Waals surface area (Å²) in [6.45, 7) is 5.94. The summed E-state index contributed by atoms with van der Waals surface area (Å²) in [7, 11) is 0. The van der Waals surface area contributed by atoms with Crippen molar-refractivity contribution in [3.8, 4) is 0 Å². The second kappa shape index (κ2) is 7.99. The lowest BCUT2D eigenvalue weighted by Crippen LogP contribution is -2.46. The number of piperidine rings is 1. The first-order valence-electron chi connectivity index (χ1n) is 9.99. The van der Waals surface area contributed by atoms with Crippen molar-refractivity contribution in [2.45, 2.75) is 32.2 Å². The zero-order valence-electron chi connectivity index (χ0n) is 16.0. The third-order valence-corrected chi connectivity index (χ3v) is 5.91. The third-order valence-electron chi connectivity index (χ3n) is 5.91. The summed E-state index contributed by atoms with van der Waals surface area (Å²) in [6, 6.07) is 12.7. The number of nitrogens with one attached hydrogen (secondary N) is 1. The molecule has 2 aliphatic rings. The number of hydrogen-bond donors (Lipinski definition) is 1. The van der Waals surface area contributed by atoms with Crippen molar-refractivity contribution in [3.63, 3.8) is 0 Å². The first-order chi connectivity index (χ1) is 13.2. The largest absolute Gasteiger partial charge is 0.371 e. The molecule has 5 heteroatoms. The molecule has 2 aliphatic heterocycles. The summed E-state index contributed by atoms with van der Waals surface area (Å²) in [5.74, 6) is 0.665. The van der Waals surface area contributed by atoms with Gasteiger partial charge in [-0.05, 0) is 61.4 Å². The molecule has 1 atom stereocenters. The number of pyridine rings is 1. The third kappa shape index (κ3) is 4.07. The number of rotatable bonds is 4. The minimum atomic E-state index is -0.000625. The van der Waals surface area contributed by atoms with Crippen LogP contribution < -0.4 is 10.2 Å².